The number of esters is 1. The van der Waals surface area contributed by atoms with Gasteiger partial charge in [0, 0.05) is 43.8 Å². The number of rotatable bonds is 8. The first-order valence-electron chi connectivity index (χ1n) is 11.8. The molecule has 0 fully saturated rings. The zero-order valence-corrected chi connectivity index (χ0v) is 21.2. The number of primary amides is 1. The van der Waals surface area contributed by atoms with Gasteiger partial charge < -0.3 is 19.9 Å². The van der Waals surface area contributed by atoms with E-state index in [0.29, 0.717) is 33.4 Å². The minimum absolute atomic E-state index is 0.0179. The lowest BCUT2D eigenvalue weighted by molar-refractivity contribution is -0.131. The summed E-state index contributed by atoms with van der Waals surface area (Å²) >= 11 is 0. The summed E-state index contributed by atoms with van der Waals surface area (Å²) < 4.78 is 6.74. The van der Waals surface area contributed by atoms with Gasteiger partial charge in [0.1, 0.15) is 5.75 Å². The first-order valence-corrected chi connectivity index (χ1v) is 11.8. The van der Waals surface area contributed by atoms with Crippen LogP contribution in [0.3, 0.4) is 0 Å². The van der Waals surface area contributed by atoms with Crippen molar-refractivity contribution in [3.63, 3.8) is 0 Å². The van der Waals surface area contributed by atoms with Gasteiger partial charge in [-0.1, -0.05) is 6.07 Å². The van der Waals surface area contributed by atoms with Crippen LogP contribution in [0.5, 0.6) is 5.75 Å². The first-order chi connectivity index (χ1) is 18.7. The Labute approximate surface area is 223 Å². The molecule has 0 aliphatic carbocycles. The Morgan fingerprint density at radius 3 is 2.46 bits per heavy atom. The van der Waals surface area contributed by atoms with E-state index in [0.717, 1.165) is 0 Å². The van der Waals surface area contributed by atoms with E-state index < -0.39 is 17.8 Å². The van der Waals surface area contributed by atoms with E-state index in [4.69, 9.17) is 15.7 Å². The molecule has 0 atom stereocenters. The highest BCUT2D eigenvalue weighted by molar-refractivity contribution is 6.07. The number of fused-ring (bicyclic) bond motifs is 1. The number of hydrogen-bond donors (Lipinski definition) is 2. The molecule has 3 amide bonds. The predicted molar refractivity (Wildman–Crippen MR) is 143 cm³/mol. The Bertz CT molecular complexity index is 1630. The van der Waals surface area contributed by atoms with Crippen LogP contribution >= 0.6 is 0 Å². The number of ether oxygens (including phenoxy) is 1. The summed E-state index contributed by atoms with van der Waals surface area (Å²) in [6.07, 6.45) is 0.0179. The van der Waals surface area contributed by atoms with Crippen molar-refractivity contribution in [3.8, 4) is 11.8 Å². The van der Waals surface area contributed by atoms with Gasteiger partial charge >= 0.3 is 5.97 Å². The summed E-state index contributed by atoms with van der Waals surface area (Å²) in [5.41, 5.74) is 8.03. The molecule has 0 aliphatic rings. The number of aromatic nitrogens is 2. The molecule has 0 saturated carbocycles. The van der Waals surface area contributed by atoms with Crippen LogP contribution in [-0.2, 0) is 16.1 Å². The van der Waals surface area contributed by atoms with Gasteiger partial charge in [-0.25, -0.2) is 4.98 Å². The Morgan fingerprint density at radius 2 is 1.79 bits per heavy atom. The first kappa shape index (κ1) is 26.6. The van der Waals surface area contributed by atoms with Crippen molar-refractivity contribution in [1.82, 2.24) is 9.55 Å². The zero-order chi connectivity index (χ0) is 28.1. The molecule has 0 unspecified atom stereocenters. The Balaban J connectivity index is 1.64. The van der Waals surface area contributed by atoms with Crippen LogP contribution in [0.1, 0.15) is 39.6 Å². The van der Waals surface area contributed by atoms with Gasteiger partial charge in [0.25, 0.3) is 11.8 Å². The Kier molecular flexibility index (Phi) is 7.67. The molecule has 3 aromatic carbocycles. The molecule has 11 nitrogen and oxygen atoms in total. The van der Waals surface area contributed by atoms with Crippen molar-refractivity contribution in [2.45, 2.75) is 19.9 Å². The van der Waals surface area contributed by atoms with Gasteiger partial charge in [-0.15, -0.1) is 0 Å². The number of carbonyl (C=O) groups excluding carboxylic acids is 4. The lowest BCUT2D eigenvalue weighted by Crippen LogP contribution is -2.26. The number of anilines is 2. The topological polar surface area (TPSA) is 160 Å². The van der Waals surface area contributed by atoms with Gasteiger partial charge in [0.2, 0.25) is 11.9 Å². The molecule has 4 aromatic rings. The molecular weight excluding hydrogens is 500 g/mol. The van der Waals surface area contributed by atoms with Crippen molar-refractivity contribution in [1.29, 1.82) is 5.26 Å². The smallest absolute Gasteiger partial charge is 0.308 e. The summed E-state index contributed by atoms with van der Waals surface area (Å²) in [5, 5.41) is 11.7. The molecular formula is C28H24N6O5. The lowest BCUT2D eigenvalue weighted by Gasteiger charge is -2.18. The molecule has 0 radical (unpaired) electrons. The van der Waals surface area contributed by atoms with Gasteiger partial charge in [-0.3, -0.25) is 24.5 Å². The molecule has 1 aromatic heterocycles. The highest BCUT2D eigenvalue weighted by atomic mass is 16.5. The number of imidazole rings is 1. The molecule has 196 valence electrons. The maximum atomic E-state index is 13.1. The van der Waals surface area contributed by atoms with Crippen LogP contribution in [0.4, 0.5) is 11.6 Å². The number of carbonyl (C=O) groups is 4. The average Bonchev–Trinajstić information content (AvgIpc) is 3.26. The van der Waals surface area contributed by atoms with E-state index in [-0.39, 0.29) is 30.6 Å². The molecule has 3 N–H and O–H groups in total. The molecule has 0 aliphatic heterocycles. The average molecular weight is 525 g/mol. The summed E-state index contributed by atoms with van der Waals surface area (Å²) in [7, 11) is 1.60. The molecule has 11 heteroatoms. The number of amides is 3. The minimum atomic E-state index is -0.515. The molecule has 1 heterocycles. The number of nitriles is 1. The van der Waals surface area contributed by atoms with E-state index in [1.807, 2.05) is 6.07 Å². The standard InChI is InChI=1S/C28H24N6O5/c1-17(35)39-22-5-3-4-20(14-22)27(38)33(2)21-10-11-24-23(15-21)31-28(34(24)13-12-25(30)36)32-26(37)19-8-6-18(16-29)7-9-19/h3-11,14-15H,12-13H2,1-2H3,(H2,30,36)(H,31,32,37). The third-order valence-corrected chi connectivity index (χ3v) is 5.85. The molecule has 0 spiro atoms. The van der Waals surface area contributed by atoms with Crippen LogP contribution in [-0.4, -0.2) is 40.3 Å². The van der Waals surface area contributed by atoms with Crippen molar-refractivity contribution in [3.05, 3.63) is 83.4 Å². The van der Waals surface area contributed by atoms with E-state index in [9.17, 15) is 19.2 Å². The van der Waals surface area contributed by atoms with Crippen LogP contribution in [0.25, 0.3) is 11.0 Å². The molecule has 0 bridgehead atoms. The van der Waals surface area contributed by atoms with E-state index >= 15 is 0 Å². The summed E-state index contributed by atoms with van der Waals surface area (Å²) in [4.78, 5) is 54.7. The number of aryl methyl sites for hydroxylation is 1. The second-order valence-electron chi connectivity index (χ2n) is 8.61. The number of hydrogen-bond acceptors (Lipinski definition) is 7. The van der Waals surface area contributed by atoms with Gasteiger partial charge in [0.05, 0.1) is 22.7 Å². The third kappa shape index (κ3) is 6.08. The third-order valence-electron chi connectivity index (χ3n) is 5.85. The fourth-order valence-corrected chi connectivity index (χ4v) is 3.91. The van der Waals surface area contributed by atoms with Crippen molar-refractivity contribution in [2.75, 3.05) is 17.3 Å². The van der Waals surface area contributed by atoms with Gasteiger partial charge in [-0.2, -0.15) is 5.26 Å². The van der Waals surface area contributed by atoms with Crippen LogP contribution in [0.2, 0.25) is 0 Å². The zero-order valence-electron chi connectivity index (χ0n) is 21.2. The number of nitrogens with one attached hydrogen (secondary N) is 1. The van der Waals surface area contributed by atoms with Crippen LogP contribution < -0.4 is 20.7 Å². The lowest BCUT2D eigenvalue weighted by atomic mass is 10.1. The molecule has 0 saturated heterocycles. The van der Waals surface area contributed by atoms with Crippen LogP contribution in [0, 0.1) is 11.3 Å². The minimum Gasteiger partial charge on any atom is -0.427 e. The monoisotopic (exact) mass is 524 g/mol. The maximum absolute atomic E-state index is 13.1. The molecule has 39 heavy (non-hydrogen) atoms. The number of nitrogens with two attached hydrogens (primary N) is 1. The van der Waals surface area contributed by atoms with Crippen molar-refractivity contribution < 1.29 is 23.9 Å². The largest absolute Gasteiger partial charge is 0.427 e. The number of nitrogens with zero attached hydrogens (tertiary/aromatic N) is 4. The quantitative estimate of drug-likeness (QED) is 0.264. The highest BCUT2D eigenvalue weighted by Gasteiger charge is 2.19. The maximum Gasteiger partial charge on any atom is 0.308 e. The fourth-order valence-electron chi connectivity index (χ4n) is 3.91. The van der Waals surface area contributed by atoms with Crippen molar-refractivity contribution in [2.24, 2.45) is 5.73 Å². The second-order valence-corrected chi connectivity index (χ2v) is 8.61. The highest BCUT2D eigenvalue weighted by Crippen LogP contribution is 2.27. The second kappa shape index (κ2) is 11.3. The van der Waals surface area contributed by atoms with Crippen molar-refractivity contribution >= 4 is 46.4 Å². The summed E-state index contributed by atoms with van der Waals surface area (Å²) in [6.45, 7) is 1.45. The summed E-state index contributed by atoms with van der Waals surface area (Å²) in [5.74, 6) is -1.35. The Hall–Kier alpha value is -5.50. The molecule has 4 rings (SSSR count). The summed E-state index contributed by atoms with van der Waals surface area (Å²) in [6, 6.07) is 19.5. The van der Waals surface area contributed by atoms with Crippen LogP contribution in [0.15, 0.2) is 66.7 Å². The normalized spacial score (nSPS) is 10.5. The SMILES string of the molecule is CC(=O)Oc1cccc(C(=O)N(C)c2ccc3c(c2)nc(NC(=O)c2ccc(C#N)cc2)n3CCC(N)=O)c1. The van der Waals surface area contributed by atoms with E-state index in [2.05, 4.69) is 10.3 Å². The van der Waals surface area contributed by atoms with Gasteiger partial charge in [0.15, 0.2) is 0 Å². The Morgan fingerprint density at radius 1 is 1.05 bits per heavy atom. The predicted octanol–water partition coefficient (Wildman–Crippen LogP) is 3.24. The van der Waals surface area contributed by atoms with E-state index in [1.54, 1.807) is 48.0 Å². The van der Waals surface area contributed by atoms with Gasteiger partial charge in [-0.05, 0) is 60.7 Å². The fraction of sp³-hybridized carbons (Fsp3) is 0.143. The van der Waals surface area contributed by atoms with E-state index in [1.165, 1.54) is 42.2 Å². The number of benzene rings is 3.